The molecule has 1 atom stereocenters. The molecule has 0 fully saturated rings. The highest BCUT2D eigenvalue weighted by Gasteiger charge is 2.39. The van der Waals surface area contributed by atoms with Gasteiger partial charge in [-0.3, -0.25) is 9.59 Å². The Balaban J connectivity index is 1.58. The lowest BCUT2D eigenvalue weighted by molar-refractivity contribution is -0.125. The van der Waals surface area contributed by atoms with E-state index >= 15 is 0 Å². The smallest absolute Gasteiger partial charge is 0.234 e. The predicted octanol–water partition coefficient (Wildman–Crippen LogP) is 5.04. The van der Waals surface area contributed by atoms with E-state index in [4.69, 9.17) is 0 Å². The van der Waals surface area contributed by atoms with Crippen LogP contribution in [0.4, 0.5) is 9.52 Å². The summed E-state index contributed by atoms with van der Waals surface area (Å²) in [4.78, 5) is 29.3. The highest BCUT2D eigenvalue weighted by molar-refractivity contribution is 7.13. The van der Waals surface area contributed by atoms with Crippen LogP contribution in [0.3, 0.4) is 0 Å². The number of anilines is 1. The van der Waals surface area contributed by atoms with E-state index in [9.17, 15) is 14.0 Å². The molecule has 0 spiro atoms. The number of hydrogen-bond acceptors (Lipinski definition) is 5. The maximum Gasteiger partial charge on any atom is 0.234 e. The molecule has 1 amide bonds. The van der Waals surface area contributed by atoms with Crippen molar-refractivity contribution in [2.75, 3.05) is 5.32 Å². The molecule has 0 bridgehead atoms. The van der Waals surface area contributed by atoms with Gasteiger partial charge in [-0.25, -0.2) is 14.1 Å². The third-order valence-corrected chi connectivity index (χ3v) is 6.71. The average Bonchev–Trinajstić information content (AvgIpc) is 3.51. The van der Waals surface area contributed by atoms with E-state index < -0.39 is 11.5 Å². The molecule has 176 valence electrons. The van der Waals surface area contributed by atoms with E-state index in [0.717, 1.165) is 22.2 Å². The number of thiazole rings is 1. The molecule has 1 unspecified atom stereocenters. The van der Waals surface area contributed by atoms with E-state index in [0.29, 0.717) is 5.13 Å². The molecule has 7 nitrogen and oxygen atoms in total. The fourth-order valence-corrected chi connectivity index (χ4v) is 4.76. The largest absolute Gasteiger partial charge is 0.346 e. The predicted molar refractivity (Wildman–Crippen MR) is 134 cm³/mol. The molecule has 3 heterocycles. The first kappa shape index (κ1) is 22.7. The quantitative estimate of drug-likeness (QED) is 0.364. The number of halogens is 1. The van der Waals surface area contributed by atoms with Crippen LogP contribution in [-0.2, 0) is 4.79 Å². The van der Waals surface area contributed by atoms with Crippen LogP contribution in [0.5, 0.6) is 0 Å². The highest BCUT2D eigenvalue weighted by Crippen LogP contribution is 2.39. The maximum atomic E-state index is 13.4. The summed E-state index contributed by atoms with van der Waals surface area (Å²) in [6, 6.07) is 14.5. The van der Waals surface area contributed by atoms with Crippen molar-refractivity contribution in [1.82, 2.24) is 19.3 Å². The minimum absolute atomic E-state index is 0.110. The van der Waals surface area contributed by atoms with E-state index in [1.165, 1.54) is 35.6 Å². The Hall–Kier alpha value is -4.11. The number of pyridine rings is 1. The first-order valence-corrected chi connectivity index (χ1v) is 11.8. The lowest BCUT2D eigenvalue weighted by atomic mass is 9.79. The summed E-state index contributed by atoms with van der Waals surface area (Å²) < 4.78 is 17.0. The lowest BCUT2D eigenvalue weighted by Crippen LogP contribution is -2.39. The van der Waals surface area contributed by atoms with Crippen molar-refractivity contribution in [3.63, 3.8) is 0 Å². The summed E-state index contributed by atoms with van der Waals surface area (Å²) in [5.41, 5.74) is 1.44. The topological polar surface area (TPSA) is 81.8 Å². The third kappa shape index (κ3) is 4.38. The molecule has 1 N–H and O–H groups in total. The van der Waals surface area contributed by atoms with Gasteiger partial charge < -0.3 is 9.88 Å². The Kier molecular flexibility index (Phi) is 5.78. The number of amides is 1. The Morgan fingerprint density at radius 1 is 1.09 bits per heavy atom. The van der Waals surface area contributed by atoms with Gasteiger partial charge in [-0.2, -0.15) is 5.10 Å². The standard InChI is InChI=1S/C26H22FN5O2S/c1-26(2,24(34)30-25-28-11-14-35-25)23(31-12-9-21(33)10-13-31)17-3-8-22-18(15-17)16-29-32(22)20-6-4-19(27)5-7-20/h3-16,23H,1-2H3,(H,28,30,34). The SMILES string of the molecule is CC(C)(C(=O)Nc1nccs1)C(c1ccc2c(cnn2-c2ccc(F)cc2)c1)n1ccc(=O)cc1. The summed E-state index contributed by atoms with van der Waals surface area (Å²) in [5.74, 6) is -0.507. The van der Waals surface area contributed by atoms with Gasteiger partial charge >= 0.3 is 0 Å². The van der Waals surface area contributed by atoms with Gasteiger partial charge in [-0.05, 0) is 55.8 Å². The van der Waals surface area contributed by atoms with Gasteiger partial charge in [0.15, 0.2) is 10.6 Å². The monoisotopic (exact) mass is 487 g/mol. The first-order chi connectivity index (χ1) is 16.8. The van der Waals surface area contributed by atoms with Gasteiger partial charge in [0.2, 0.25) is 5.91 Å². The van der Waals surface area contributed by atoms with E-state index in [1.54, 1.807) is 47.0 Å². The van der Waals surface area contributed by atoms with Crippen molar-refractivity contribution in [2.24, 2.45) is 5.41 Å². The second kappa shape index (κ2) is 8.92. The number of fused-ring (bicyclic) bond motifs is 1. The molecular formula is C26H22FN5O2S. The normalized spacial score (nSPS) is 12.5. The molecule has 9 heteroatoms. The Labute approximate surface area is 204 Å². The van der Waals surface area contributed by atoms with Gasteiger partial charge in [0, 0.05) is 41.5 Å². The van der Waals surface area contributed by atoms with E-state index in [2.05, 4.69) is 15.4 Å². The minimum Gasteiger partial charge on any atom is -0.346 e. The van der Waals surface area contributed by atoms with Gasteiger partial charge in [0.05, 0.1) is 28.9 Å². The van der Waals surface area contributed by atoms with Gasteiger partial charge in [-0.1, -0.05) is 6.07 Å². The van der Waals surface area contributed by atoms with Crippen LogP contribution in [-0.4, -0.2) is 25.2 Å². The molecule has 0 radical (unpaired) electrons. The van der Waals surface area contributed by atoms with Crippen molar-refractivity contribution in [1.29, 1.82) is 0 Å². The van der Waals surface area contributed by atoms with Crippen LogP contribution >= 0.6 is 11.3 Å². The van der Waals surface area contributed by atoms with Crippen LogP contribution in [0.15, 0.2) is 89.6 Å². The second-order valence-electron chi connectivity index (χ2n) is 8.75. The highest BCUT2D eigenvalue weighted by atomic mass is 32.1. The number of benzene rings is 2. The average molecular weight is 488 g/mol. The summed E-state index contributed by atoms with van der Waals surface area (Å²) in [6.45, 7) is 3.73. The number of carbonyl (C=O) groups is 1. The molecule has 0 aliphatic carbocycles. The lowest BCUT2D eigenvalue weighted by Gasteiger charge is -2.35. The number of aromatic nitrogens is 4. The fourth-order valence-electron chi connectivity index (χ4n) is 4.24. The molecular weight excluding hydrogens is 465 g/mol. The molecule has 35 heavy (non-hydrogen) atoms. The Bertz CT molecular complexity index is 1530. The molecule has 0 aliphatic rings. The van der Waals surface area contributed by atoms with Crippen molar-refractivity contribution in [2.45, 2.75) is 19.9 Å². The molecule has 3 aromatic heterocycles. The summed E-state index contributed by atoms with van der Waals surface area (Å²) in [7, 11) is 0. The first-order valence-electron chi connectivity index (χ1n) is 11.0. The van der Waals surface area contributed by atoms with Crippen LogP contribution in [0.1, 0.15) is 25.5 Å². The Morgan fingerprint density at radius 2 is 1.83 bits per heavy atom. The number of rotatable bonds is 6. The fraction of sp³-hybridized carbons (Fsp3) is 0.154. The van der Waals surface area contributed by atoms with Crippen LogP contribution in [0, 0.1) is 11.2 Å². The summed E-state index contributed by atoms with van der Waals surface area (Å²) >= 11 is 1.35. The van der Waals surface area contributed by atoms with Gasteiger partial charge in [-0.15, -0.1) is 11.3 Å². The summed E-state index contributed by atoms with van der Waals surface area (Å²) in [5, 5.41) is 10.6. The van der Waals surface area contributed by atoms with Gasteiger partial charge in [0.1, 0.15) is 5.82 Å². The molecule has 2 aromatic carbocycles. The molecule has 5 rings (SSSR count). The van der Waals surface area contributed by atoms with Gasteiger partial charge in [0.25, 0.3) is 0 Å². The number of nitrogens with zero attached hydrogens (tertiary/aromatic N) is 4. The van der Waals surface area contributed by atoms with Crippen molar-refractivity contribution >= 4 is 33.3 Å². The summed E-state index contributed by atoms with van der Waals surface area (Å²) in [6.07, 6.45) is 6.77. The Morgan fingerprint density at radius 3 is 2.51 bits per heavy atom. The zero-order valence-corrected chi connectivity index (χ0v) is 19.9. The second-order valence-corrected chi connectivity index (χ2v) is 9.64. The molecule has 0 saturated carbocycles. The number of carbonyl (C=O) groups excluding carboxylic acids is 1. The van der Waals surface area contributed by atoms with Crippen LogP contribution in [0.25, 0.3) is 16.6 Å². The van der Waals surface area contributed by atoms with Crippen molar-refractivity contribution in [3.8, 4) is 5.69 Å². The maximum absolute atomic E-state index is 13.4. The number of nitrogens with one attached hydrogen (secondary N) is 1. The molecule has 5 aromatic rings. The number of hydrogen-bond donors (Lipinski definition) is 1. The van der Waals surface area contributed by atoms with Crippen LogP contribution in [0.2, 0.25) is 0 Å². The molecule has 0 saturated heterocycles. The van der Waals surface area contributed by atoms with Crippen molar-refractivity contribution < 1.29 is 9.18 Å². The van der Waals surface area contributed by atoms with E-state index in [1.807, 2.05) is 36.6 Å². The zero-order chi connectivity index (χ0) is 24.6. The zero-order valence-electron chi connectivity index (χ0n) is 19.1. The van der Waals surface area contributed by atoms with Crippen molar-refractivity contribution in [3.05, 3.63) is 106 Å². The molecule has 0 aliphatic heterocycles. The van der Waals surface area contributed by atoms with E-state index in [-0.39, 0.29) is 17.2 Å². The minimum atomic E-state index is -0.915. The van der Waals surface area contributed by atoms with Crippen LogP contribution < -0.4 is 10.7 Å². The third-order valence-electron chi connectivity index (χ3n) is 6.02.